The van der Waals surface area contributed by atoms with Crippen LogP contribution in [0.2, 0.25) is 0 Å². The summed E-state index contributed by atoms with van der Waals surface area (Å²) in [5.41, 5.74) is 4.21. The first kappa shape index (κ1) is 18.9. The molecule has 0 saturated carbocycles. The summed E-state index contributed by atoms with van der Waals surface area (Å²) in [6.07, 6.45) is 0.0392. The molecule has 2 heterocycles. The second kappa shape index (κ2) is 8.27. The second-order valence-corrected chi connectivity index (χ2v) is 6.87. The average molecular weight is 387 g/mol. The number of anilines is 1. The van der Waals surface area contributed by atoms with Crippen LogP contribution in [-0.2, 0) is 11.8 Å². The number of nitrogens with zero attached hydrogens (tertiary/aromatic N) is 3. The second-order valence-electron chi connectivity index (χ2n) is 6.87. The van der Waals surface area contributed by atoms with E-state index >= 15 is 0 Å². The highest BCUT2D eigenvalue weighted by atomic mass is 16.5. The zero-order valence-electron chi connectivity index (χ0n) is 16.1. The maximum Gasteiger partial charge on any atom is 0.273 e. The van der Waals surface area contributed by atoms with Crippen LogP contribution < -0.4 is 10.6 Å². The molecule has 2 N–H and O–H groups in total. The largest absolute Gasteiger partial charge is 0.371 e. The molecule has 1 fully saturated rings. The van der Waals surface area contributed by atoms with Crippen LogP contribution >= 0.6 is 0 Å². The SMILES string of the molecule is Cn1nc(-c2cccc(C#N)c2)cc1C(=O)Nc1ccc([C@H]2CNCCO2)cc1. The zero-order valence-corrected chi connectivity index (χ0v) is 16.1. The van der Waals surface area contributed by atoms with E-state index in [4.69, 9.17) is 10.00 Å². The Hall–Kier alpha value is -3.47. The Morgan fingerprint density at radius 3 is 2.83 bits per heavy atom. The number of morpholine rings is 1. The lowest BCUT2D eigenvalue weighted by molar-refractivity contribution is 0.0277. The molecule has 1 aliphatic heterocycles. The van der Waals surface area contributed by atoms with Gasteiger partial charge in [-0.1, -0.05) is 24.3 Å². The monoisotopic (exact) mass is 387 g/mol. The minimum atomic E-state index is -0.244. The van der Waals surface area contributed by atoms with E-state index in [1.165, 1.54) is 0 Å². The van der Waals surface area contributed by atoms with Crippen molar-refractivity contribution in [1.82, 2.24) is 15.1 Å². The number of carbonyl (C=O) groups excluding carboxylic acids is 1. The Morgan fingerprint density at radius 2 is 2.10 bits per heavy atom. The van der Waals surface area contributed by atoms with Gasteiger partial charge in [0.05, 0.1) is 30.0 Å². The molecule has 4 rings (SSSR count). The third-order valence-corrected chi connectivity index (χ3v) is 4.87. The molecule has 7 heteroatoms. The Bertz CT molecular complexity index is 1060. The minimum absolute atomic E-state index is 0.0392. The van der Waals surface area contributed by atoms with Gasteiger partial charge in [0.15, 0.2) is 0 Å². The summed E-state index contributed by atoms with van der Waals surface area (Å²) in [6.45, 7) is 2.36. The van der Waals surface area contributed by atoms with Crippen LogP contribution in [0.25, 0.3) is 11.3 Å². The maximum absolute atomic E-state index is 12.7. The normalized spacial score (nSPS) is 16.2. The van der Waals surface area contributed by atoms with E-state index in [0.29, 0.717) is 29.2 Å². The molecular formula is C22H21N5O2. The van der Waals surface area contributed by atoms with E-state index in [9.17, 15) is 4.79 Å². The Kier molecular flexibility index (Phi) is 5.38. The first-order valence-corrected chi connectivity index (χ1v) is 9.42. The van der Waals surface area contributed by atoms with Crippen molar-refractivity contribution >= 4 is 11.6 Å². The van der Waals surface area contributed by atoms with Crippen LogP contribution in [0.15, 0.2) is 54.6 Å². The number of hydrogen-bond donors (Lipinski definition) is 2. The molecule has 3 aromatic rings. The fraction of sp³-hybridized carbons (Fsp3) is 0.227. The number of aryl methyl sites for hydroxylation is 1. The molecule has 1 saturated heterocycles. The number of carbonyl (C=O) groups is 1. The van der Waals surface area contributed by atoms with Crippen molar-refractivity contribution in [2.24, 2.45) is 7.05 Å². The van der Waals surface area contributed by atoms with Gasteiger partial charge in [0.2, 0.25) is 0 Å². The van der Waals surface area contributed by atoms with Crippen molar-refractivity contribution in [1.29, 1.82) is 5.26 Å². The van der Waals surface area contributed by atoms with Crippen LogP contribution in [0.1, 0.15) is 27.7 Å². The van der Waals surface area contributed by atoms with Crippen LogP contribution in [0, 0.1) is 11.3 Å². The summed E-state index contributed by atoms with van der Waals surface area (Å²) < 4.78 is 7.29. The third kappa shape index (κ3) is 4.19. The molecular weight excluding hydrogens is 366 g/mol. The topological polar surface area (TPSA) is 92.0 Å². The van der Waals surface area contributed by atoms with E-state index in [1.54, 1.807) is 36.0 Å². The maximum atomic E-state index is 12.7. The van der Waals surface area contributed by atoms with E-state index in [1.807, 2.05) is 30.3 Å². The van der Waals surface area contributed by atoms with Crippen LogP contribution in [0.5, 0.6) is 0 Å². The molecule has 1 amide bonds. The third-order valence-electron chi connectivity index (χ3n) is 4.87. The summed E-state index contributed by atoms with van der Waals surface area (Å²) in [6, 6.07) is 18.7. The van der Waals surface area contributed by atoms with Gasteiger partial charge in [-0.05, 0) is 35.9 Å². The number of nitrogens with one attached hydrogen (secondary N) is 2. The first-order chi connectivity index (χ1) is 14.1. The van der Waals surface area contributed by atoms with Gasteiger partial charge < -0.3 is 15.4 Å². The Balaban J connectivity index is 1.48. The van der Waals surface area contributed by atoms with Crippen LogP contribution in [0.3, 0.4) is 0 Å². The highest BCUT2D eigenvalue weighted by molar-refractivity contribution is 6.03. The van der Waals surface area contributed by atoms with Gasteiger partial charge in [-0.3, -0.25) is 9.48 Å². The van der Waals surface area contributed by atoms with Crippen molar-refractivity contribution in [2.45, 2.75) is 6.10 Å². The molecule has 1 aromatic heterocycles. The smallest absolute Gasteiger partial charge is 0.273 e. The summed E-state index contributed by atoms with van der Waals surface area (Å²) in [5.74, 6) is -0.244. The highest BCUT2D eigenvalue weighted by Gasteiger charge is 2.17. The van der Waals surface area contributed by atoms with Crippen molar-refractivity contribution < 1.29 is 9.53 Å². The van der Waals surface area contributed by atoms with E-state index in [2.05, 4.69) is 21.8 Å². The number of rotatable bonds is 4. The predicted octanol–water partition coefficient (Wildman–Crippen LogP) is 2.87. The van der Waals surface area contributed by atoms with Gasteiger partial charge in [-0.15, -0.1) is 0 Å². The fourth-order valence-corrected chi connectivity index (χ4v) is 3.32. The van der Waals surface area contributed by atoms with Gasteiger partial charge >= 0.3 is 0 Å². The number of aromatic nitrogens is 2. The molecule has 0 aliphatic carbocycles. The lowest BCUT2D eigenvalue weighted by atomic mass is 10.1. The highest BCUT2D eigenvalue weighted by Crippen LogP contribution is 2.23. The summed E-state index contributed by atoms with van der Waals surface area (Å²) in [7, 11) is 1.73. The van der Waals surface area contributed by atoms with Gasteiger partial charge in [0.1, 0.15) is 5.69 Å². The van der Waals surface area contributed by atoms with E-state index < -0.39 is 0 Å². The molecule has 1 atom stereocenters. The van der Waals surface area contributed by atoms with E-state index in [-0.39, 0.29) is 12.0 Å². The predicted molar refractivity (Wildman–Crippen MR) is 109 cm³/mol. The quantitative estimate of drug-likeness (QED) is 0.718. The molecule has 2 aromatic carbocycles. The summed E-state index contributed by atoms with van der Waals surface area (Å²) in [5, 5.41) is 19.7. The molecule has 1 aliphatic rings. The molecule has 0 radical (unpaired) electrons. The number of nitriles is 1. The van der Waals surface area contributed by atoms with Crippen LogP contribution in [-0.4, -0.2) is 35.4 Å². The van der Waals surface area contributed by atoms with Crippen molar-refractivity contribution in [3.63, 3.8) is 0 Å². The first-order valence-electron chi connectivity index (χ1n) is 9.42. The fourth-order valence-electron chi connectivity index (χ4n) is 3.32. The molecule has 0 bridgehead atoms. The molecule has 0 unspecified atom stereocenters. The summed E-state index contributed by atoms with van der Waals surface area (Å²) >= 11 is 0. The number of ether oxygens (including phenoxy) is 1. The molecule has 7 nitrogen and oxygen atoms in total. The average Bonchev–Trinajstić information content (AvgIpc) is 3.17. The van der Waals surface area contributed by atoms with Gasteiger partial charge in [0, 0.05) is 31.4 Å². The lowest BCUT2D eigenvalue weighted by Crippen LogP contribution is -2.33. The number of amides is 1. The molecule has 29 heavy (non-hydrogen) atoms. The standard InChI is InChI=1S/C22H21N5O2/c1-27-20(12-19(26-27)17-4-2-3-15(11-17)13-23)22(28)25-18-7-5-16(6-8-18)21-14-24-9-10-29-21/h2-8,11-12,21,24H,9-10,14H2,1H3,(H,25,28)/t21-/m1/s1. The Morgan fingerprint density at radius 1 is 1.28 bits per heavy atom. The summed E-state index contributed by atoms with van der Waals surface area (Å²) in [4.78, 5) is 12.7. The molecule has 0 spiro atoms. The number of hydrogen-bond acceptors (Lipinski definition) is 5. The zero-order chi connectivity index (χ0) is 20.2. The Labute approximate surface area is 168 Å². The van der Waals surface area contributed by atoms with Crippen molar-refractivity contribution in [3.8, 4) is 17.3 Å². The minimum Gasteiger partial charge on any atom is -0.371 e. The lowest BCUT2D eigenvalue weighted by Gasteiger charge is -2.24. The van der Waals surface area contributed by atoms with Crippen LogP contribution in [0.4, 0.5) is 5.69 Å². The van der Waals surface area contributed by atoms with Gasteiger partial charge in [0.25, 0.3) is 5.91 Å². The van der Waals surface area contributed by atoms with Gasteiger partial charge in [-0.25, -0.2) is 0 Å². The van der Waals surface area contributed by atoms with E-state index in [0.717, 1.165) is 24.2 Å². The van der Waals surface area contributed by atoms with Gasteiger partial charge in [-0.2, -0.15) is 10.4 Å². The van der Waals surface area contributed by atoms with Crippen molar-refractivity contribution in [3.05, 3.63) is 71.4 Å². The van der Waals surface area contributed by atoms with Crippen molar-refractivity contribution in [2.75, 3.05) is 25.0 Å². The molecule has 146 valence electrons. The number of benzene rings is 2.